The second-order valence-electron chi connectivity index (χ2n) is 8.63. The van der Waals surface area contributed by atoms with Gasteiger partial charge in [0, 0.05) is 36.7 Å². The zero-order valence-electron chi connectivity index (χ0n) is 19.6. The van der Waals surface area contributed by atoms with E-state index in [1.165, 1.54) is 31.3 Å². The van der Waals surface area contributed by atoms with Crippen molar-refractivity contribution < 1.29 is 27.5 Å². The first-order valence-corrected chi connectivity index (χ1v) is 12.8. The number of nitrogens with one attached hydrogen (secondary N) is 1. The Morgan fingerprint density at radius 3 is 2.57 bits per heavy atom. The fourth-order valence-electron chi connectivity index (χ4n) is 4.45. The number of carboxylic acids is 1. The smallest absolute Gasteiger partial charge is 0.336 e. The monoisotopic (exact) mass is 497 g/mol. The van der Waals surface area contributed by atoms with Crippen molar-refractivity contribution >= 4 is 38.7 Å². The van der Waals surface area contributed by atoms with Crippen molar-refractivity contribution in [3.63, 3.8) is 0 Å². The highest BCUT2D eigenvalue weighted by atomic mass is 32.2. The average molecular weight is 498 g/mol. The van der Waals surface area contributed by atoms with E-state index in [0.29, 0.717) is 39.2 Å². The summed E-state index contributed by atoms with van der Waals surface area (Å²) < 4.78 is 39.3. The van der Waals surface area contributed by atoms with Crippen LogP contribution in [0.5, 0.6) is 0 Å². The zero-order valence-corrected chi connectivity index (χ0v) is 20.5. The molecule has 1 aliphatic heterocycles. The maximum Gasteiger partial charge on any atom is 0.336 e. The molecule has 0 spiro atoms. The van der Waals surface area contributed by atoms with Crippen LogP contribution in [0.2, 0.25) is 0 Å². The molecule has 0 bridgehead atoms. The molecule has 2 aromatic heterocycles. The van der Waals surface area contributed by atoms with Gasteiger partial charge in [0.05, 0.1) is 29.2 Å². The number of aryl methyl sites for hydroxylation is 1. The van der Waals surface area contributed by atoms with E-state index in [-0.39, 0.29) is 29.3 Å². The number of carbonyl (C=O) groups is 2. The first kappa shape index (κ1) is 24.3. The van der Waals surface area contributed by atoms with Crippen LogP contribution in [-0.4, -0.2) is 41.5 Å². The molecule has 4 rings (SSSR count). The largest absolute Gasteiger partial charge is 0.478 e. The lowest BCUT2D eigenvalue weighted by molar-refractivity contribution is 0.0695. The van der Waals surface area contributed by atoms with Crippen molar-refractivity contribution in [3.8, 4) is 0 Å². The first-order valence-electron chi connectivity index (χ1n) is 10.8. The van der Waals surface area contributed by atoms with Crippen LogP contribution in [0, 0.1) is 12.7 Å². The third kappa shape index (κ3) is 4.49. The molecule has 0 saturated carbocycles. The highest BCUT2D eigenvalue weighted by molar-refractivity contribution is 7.89. The molecule has 3 aromatic rings. The molecular formula is C25H24FN3O5S. The SMILES string of the molecule is C/C=C1/c2cc(CS(C)(=O)=O)c(C(=O)O)cc2N(c2ncc(C)cc2F)Cc2c[nH]c(C(C)=O)c21. The Hall–Kier alpha value is -3.79. The first-order chi connectivity index (χ1) is 16.4. The number of pyridine rings is 1. The van der Waals surface area contributed by atoms with Crippen molar-refractivity contribution in [3.05, 3.63) is 81.6 Å². The summed E-state index contributed by atoms with van der Waals surface area (Å²) in [4.78, 5) is 33.4. The van der Waals surface area contributed by atoms with Gasteiger partial charge < -0.3 is 15.0 Å². The third-order valence-corrected chi connectivity index (χ3v) is 6.70. The molecule has 1 aromatic carbocycles. The van der Waals surface area contributed by atoms with E-state index in [1.54, 1.807) is 31.0 Å². The van der Waals surface area contributed by atoms with Crippen molar-refractivity contribution in [1.29, 1.82) is 0 Å². The molecule has 0 radical (unpaired) electrons. The van der Waals surface area contributed by atoms with Crippen molar-refractivity contribution in [2.45, 2.75) is 33.1 Å². The second-order valence-corrected chi connectivity index (χ2v) is 10.8. The number of halogens is 1. The normalized spacial score (nSPS) is 14.4. The number of aromatic nitrogens is 2. The van der Waals surface area contributed by atoms with Crippen LogP contribution < -0.4 is 4.90 Å². The van der Waals surface area contributed by atoms with Gasteiger partial charge in [0.1, 0.15) is 0 Å². The summed E-state index contributed by atoms with van der Waals surface area (Å²) in [6.07, 6.45) is 5.96. The van der Waals surface area contributed by atoms with Crippen LogP contribution in [0.1, 0.15) is 62.5 Å². The summed E-state index contributed by atoms with van der Waals surface area (Å²) in [5.74, 6) is -2.62. The Morgan fingerprint density at radius 2 is 2.00 bits per heavy atom. The summed E-state index contributed by atoms with van der Waals surface area (Å²) in [5, 5.41) is 9.89. The fraction of sp³-hybridized carbons (Fsp3) is 0.240. The number of rotatable bonds is 5. The molecule has 0 aliphatic carbocycles. The van der Waals surface area contributed by atoms with Gasteiger partial charge >= 0.3 is 5.97 Å². The van der Waals surface area contributed by atoms with Crippen LogP contribution in [-0.2, 0) is 22.1 Å². The maximum atomic E-state index is 15.1. The summed E-state index contributed by atoms with van der Waals surface area (Å²) in [6, 6.07) is 4.19. The Labute approximate surface area is 202 Å². The van der Waals surface area contributed by atoms with Gasteiger partial charge in [0.25, 0.3) is 0 Å². The lowest BCUT2D eigenvalue weighted by atomic mass is 9.91. The van der Waals surface area contributed by atoms with E-state index >= 15 is 4.39 Å². The van der Waals surface area contributed by atoms with E-state index in [9.17, 15) is 23.1 Å². The molecular weight excluding hydrogens is 473 g/mol. The van der Waals surface area contributed by atoms with E-state index in [0.717, 1.165) is 6.26 Å². The number of aromatic amines is 1. The molecule has 0 unspecified atom stereocenters. The number of H-pyrrole nitrogens is 1. The maximum absolute atomic E-state index is 15.1. The molecule has 1 aliphatic rings. The van der Waals surface area contributed by atoms with Gasteiger partial charge in [0.15, 0.2) is 27.3 Å². The summed E-state index contributed by atoms with van der Waals surface area (Å²) in [5.41, 5.74) is 3.56. The zero-order chi connectivity index (χ0) is 25.7. The Morgan fingerprint density at radius 1 is 1.29 bits per heavy atom. The molecule has 182 valence electrons. The standard InChI is InChI=1S/C25H24FN3O5S/c1-5-17-19-7-15(12-35(4,33)34)18(25(31)32)8-21(19)29(24-20(26)6-13(2)9-28-24)11-16-10-27-23(14(3)30)22(16)17/h5-10,27H,11-12H2,1-4H3,(H,31,32)/b17-5-. The van der Waals surface area contributed by atoms with E-state index < -0.39 is 27.4 Å². The number of carboxylic acid groups (broad SMARTS) is 1. The Balaban J connectivity index is 2.11. The second kappa shape index (κ2) is 8.77. The van der Waals surface area contributed by atoms with E-state index in [1.807, 2.05) is 0 Å². The molecule has 10 heteroatoms. The highest BCUT2D eigenvalue weighted by Gasteiger charge is 2.32. The number of carbonyl (C=O) groups excluding carboxylic acids is 1. The van der Waals surface area contributed by atoms with Gasteiger partial charge in [-0.1, -0.05) is 6.08 Å². The molecule has 0 fully saturated rings. The van der Waals surface area contributed by atoms with Crippen molar-refractivity contribution in [2.75, 3.05) is 11.2 Å². The Bertz CT molecular complexity index is 1520. The number of hydrogen-bond donors (Lipinski definition) is 2. The van der Waals surface area contributed by atoms with Crippen LogP contribution in [0.15, 0.2) is 36.7 Å². The summed E-state index contributed by atoms with van der Waals surface area (Å²) >= 11 is 0. The number of aromatic carboxylic acids is 1. The summed E-state index contributed by atoms with van der Waals surface area (Å²) in [6.45, 7) is 4.99. The van der Waals surface area contributed by atoms with Gasteiger partial charge in [-0.05, 0) is 54.3 Å². The minimum Gasteiger partial charge on any atom is -0.478 e. The van der Waals surface area contributed by atoms with Crippen LogP contribution in [0.25, 0.3) is 5.57 Å². The molecule has 35 heavy (non-hydrogen) atoms. The van der Waals surface area contributed by atoms with Crippen molar-refractivity contribution in [1.82, 2.24) is 9.97 Å². The van der Waals surface area contributed by atoms with Gasteiger partial charge in [0.2, 0.25) is 0 Å². The number of hydrogen-bond acceptors (Lipinski definition) is 6. The number of fused-ring (bicyclic) bond motifs is 2. The van der Waals surface area contributed by atoms with Gasteiger partial charge in [-0.2, -0.15) is 0 Å². The molecule has 2 N–H and O–H groups in total. The minimum absolute atomic E-state index is 0.0158. The number of allylic oxidation sites excluding steroid dienone is 1. The van der Waals surface area contributed by atoms with Crippen LogP contribution in [0.4, 0.5) is 15.9 Å². The Kier molecular flexibility index (Phi) is 6.10. The summed E-state index contributed by atoms with van der Waals surface area (Å²) in [7, 11) is -3.57. The van der Waals surface area contributed by atoms with Crippen LogP contribution >= 0.6 is 0 Å². The topological polar surface area (TPSA) is 120 Å². The van der Waals surface area contributed by atoms with Gasteiger partial charge in [-0.25, -0.2) is 22.6 Å². The predicted molar refractivity (Wildman–Crippen MR) is 130 cm³/mol. The van der Waals surface area contributed by atoms with Crippen LogP contribution in [0.3, 0.4) is 0 Å². The quantitative estimate of drug-likeness (QED) is 0.501. The number of nitrogens with zero attached hydrogens (tertiary/aromatic N) is 2. The fourth-order valence-corrected chi connectivity index (χ4v) is 5.26. The minimum atomic E-state index is -3.57. The lowest BCUT2D eigenvalue weighted by Gasteiger charge is -2.26. The number of benzene rings is 1. The molecule has 3 heterocycles. The van der Waals surface area contributed by atoms with E-state index in [4.69, 9.17) is 0 Å². The molecule has 8 nitrogen and oxygen atoms in total. The number of Topliss-reactive ketones (excluding diaryl/α,β-unsaturated/α-hetero) is 1. The van der Waals surface area contributed by atoms with E-state index in [2.05, 4.69) is 9.97 Å². The molecule has 0 saturated heterocycles. The van der Waals surface area contributed by atoms with Gasteiger partial charge in [-0.15, -0.1) is 0 Å². The van der Waals surface area contributed by atoms with Gasteiger partial charge in [-0.3, -0.25) is 4.79 Å². The average Bonchev–Trinajstić information content (AvgIpc) is 3.10. The van der Waals surface area contributed by atoms with Crippen molar-refractivity contribution in [2.24, 2.45) is 0 Å². The molecule has 0 atom stereocenters. The number of sulfone groups is 1. The molecule has 0 amide bonds. The number of anilines is 2. The number of ketones is 1. The third-order valence-electron chi connectivity index (χ3n) is 5.87. The highest BCUT2D eigenvalue weighted by Crippen LogP contribution is 2.44. The predicted octanol–water partition coefficient (Wildman–Crippen LogP) is 4.41. The lowest BCUT2D eigenvalue weighted by Crippen LogP contribution is -2.20.